The van der Waals surface area contributed by atoms with Gasteiger partial charge in [-0.2, -0.15) is 0 Å². The number of carbonyl (C=O) groups is 1. The zero-order chi connectivity index (χ0) is 13.9. The van der Waals surface area contributed by atoms with E-state index in [2.05, 4.69) is 20.4 Å². The van der Waals surface area contributed by atoms with Crippen LogP contribution in [-0.4, -0.2) is 29.1 Å². The zero-order valence-electron chi connectivity index (χ0n) is 11.3. The highest BCUT2D eigenvalue weighted by molar-refractivity contribution is 6.02. The summed E-state index contributed by atoms with van der Waals surface area (Å²) in [6, 6.07) is 5.38. The molecule has 20 heavy (non-hydrogen) atoms. The predicted octanol–water partition coefficient (Wildman–Crippen LogP) is 2.23. The van der Waals surface area contributed by atoms with Gasteiger partial charge in [-0.25, -0.2) is 4.98 Å². The minimum absolute atomic E-state index is 0.270. The maximum absolute atomic E-state index is 11.9. The monoisotopic (exact) mass is 272 g/mol. The molecule has 0 radical (unpaired) electrons. The molecule has 0 unspecified atom stereocenters. The lowest BCUT2D eigenvalue weighted by Crippen LogP contribution is -2.19. The van der Waals surface area contributed by atoms with E-state index in [0.717, 1.165) is 18.9 Å². The predicted molar refractivity (Wildman–Crippen MR) is 74.9 cm³/mol. The maximum Gasteiger partial charge on any atom is 0.277 e. The molecular formula is C14H16N4O2. The Bertz CT molecular complexity index is 600. The van der Waals surface area contributed by atoms with Crippen molar-refractivity contribution in [2.75, 3.05) is 23.3 Å². The second kappa shape index (κ2) is 5.32. The van der Waals surface area contributed by atoms with Crippen LogP contribution in [0.3, 0.4) is 0 Å². The summed E-state index contributed by atoms with van der Waals surface area (Å²) in [5.74, 6) is 1.27. The Labute approximate surface area is 116 Å². The van der Waals surface area contributed by atoms with E-state index in [0.29, 0.717) is 11.4 Å². The second-order valence-corrected chi connectivity index (χ2v) is 4.88. The molecule has 1 amide bonds. The fourth-order valence-electron chi connectivity index (χ4n) is 2.26. The summed E-state index contributed by atoms with van der Waals surface area (Å²) in [7, 11) is 0. The lowest BCUT2D eigenvalue weighted by atomic mass is 10.3. The first-order valence-electron chi connectivity index (χ1n) is 6.68. The van der Waals surface area contributed by atoms with Gasteiger partial charge in [0.2, 0.25) is 0 Å². The minimum atomic E-state index is -0.294. The van der Waals surface area contributed by atoms with Crippen molar-refractivity contribution in [1.29, 1.82) is 0 Å². The summed E-state index contributed by atoms with van der Waals surface area (Å²) < 4.78 is 4.88. The van der Waals surface area contributed by atoms with Gasteiger partial charge in [0.15, 0.2) is 5.69 Å². The maximum atomic E-state index is 11.9. The van der Waals surface area contributed by atoms with Crippen molar-refractivity contribution in [1.82, 2.24) is 10.1 Å². The molecule has 104 valence electrons. The van der Waals surface area contributed by atoms with Gasteiger partial charge in [0.25, 0.3) is 5.91 Å². The van der Waals surface area contributed by atoms with Gasteiger partial charge in [-0.1, -0.05) is 5.16 Å². The van der Waals surface area contributed by atoms with Crippen molar-refractivity contribution in [3.63, 3.8) is 0 Å². The number of hydrogen-bond donors (Lipinski definition) is 1. The first-order valence-corrected chi connectivity index (χ1v) is 6.68. The number of aromatic nitrogens is 2. The zero-order valence-corrected chi connectivity index (χ0v) is 11.3. The first-order chi connectivity index (χ1) is 9.72. The number of anilines is 2. The highest BCUT2D eigenvalue weighted by atomic mass is 16.5. The molecule has 0 aliphatic carbocycles. The molecule has 0 saturated carbocycles. The molecule has 0 bridgehead atoms. The number of nitrogens with one attached hydrogen (secondary N) is 1. The smallest absolute Gasteiger partial charge is 0.277 e. The van der Waals surface area contributed by atoms with E-state index in [9.17, 15) is 4.79 Å². The van der Waals surface area contributed by atoms with Crippen molar-refractivity contribution in [3.8, 4) is 0 Å². The second-order valence-electron chi connectivity index (χ2n) is 4.88. The number of nitrogens with zero attached hydrogens (tertiary/aromatic N) is 3. The molecule has 1 aliphatic rings. The van der Waals surface area contributed by atoms with Crippen LogP contribution in [0.5, 0.6) is 0 Å². The SMILES string of the molecule is Cc1cc(C(=O)Nc2ccc(N3CCCC3)nc2)no1. The molecule has 1 fully saturated rings. The number of amides is 1. The molecule has 0 spiro atoms. The van der Waals surface area contributed by atoms with Crippen LogP contribution in [0.4, 0.5) is 11.5 Å². The fourth-order valence-corrected chi connectivity index (χ4v) is 2.26. The standard InChI is InChI=1S/C14H16N4O2/c1-10-8-12(17-20-10)14(19)16-11-4-5-13(15-9-11)18-6-2-3-7-18/h4-5,8-9H,2-3,6-7H2,1H3,(H,16,19). The summed E-state index contributed by atoms with van der Waals surface area (Å²) in [5, 5.41) is 6.42. The Morgan fingerprint density at radius 1 is 1.35 bits per heavy atom. The van der Waals surface area contributed by atoms with E-state index in [-0.39, 0.29) is 11.6 Å². The third kappa shape index (κ3) is 2.64. The quantitative estimate of drug-likeness (QED) is 0.927. The Hall–Kier alpha value is -2.37. The van der Waals surface area contributed by atoms with Crippen LogP contribution in [-0.2, 0) is 0 Å². The largest absolute Gasteiger partial charge is 0.361 e. The number of pyridine rings is 1. The van der Waals surface area contributed by atoms with E-state index >= 15 is 0 Å². The summed E-state index contributed by atoms with van der Waals surface area (Å²) in [5.41, 5.74) is 0.921. The third-order valence-electron chi connectivity index (χ3n) is 3.30. The van der Waals surface area contributed by atoms with Crippen LogP contribution < -0.4 is 10.2 Å². The van der Waals surface area contributed by atoms with Gasteiger partial charge in [-0.05, 0) is 31.9 Å². The number of aryl methyl sites for hydroxylation is 1. The highest BCUT2D eigenvalue weighted by Crippen LogP contribution is 2.19. The number of rotatable bonds is 3. The van der Waals surface area contributed by atoms with Crippen molar-refractivity contribution in [2.45, 2.75) is 19.8 Å². The van der Waals surface area contributed by atoms with E-state index < -0.39 is 0 Å². The lowest BCUT2D eigenvalue weighted by molar-refractivity contribution is 0.101. The van der Waals surface area contributed by atoms with Gasteiger partial charge >= 0.3 is 0 Å². The van der Waals surface area contributed by atoms with Gasteiger partial charge in [-0.15, -0.1) is 0 Å². The van der Waals surface area contributed by atoms with Gasteiger partial charge in [0.05, 0.1) is 11.9 Å². The lowest BCUT2D eigenvalue weighted by Gasteiger charge is -2.16. The van der Waals surface area contributed by atoms with Crippen molar-refractivity contribution in [3.05, 3.63) is 35.9 Å². The minimum Gasteiger partial charge on any atom is -0.361 e. The van der Waals surface area contributed by atoms with E-state index in [1.54, 1.807) is 19.2 Å². The molecule has 6 heteroatoms. The third-order valence-corrected chi connectivity index (χ3v) is 3.30. The molecule has 2 aromatic heterocycles. The molecule has 1 N–H and O–H groups in total. The first kappa shape index (κ1) is 12.7. The summed E-state index contributed by atoms with van der Waals surface area (Å²) in [6.07, 6.45) is 4.09. The Morgan fingerprint density at radius 3 is 2.75 bits per heavy atom. The Kier molecular flexibility index (Phi) is 3.37. The molecule has 1 saturated heterocycles. The van der Waals surface area contributed by atoms with Gasteiger partial charge in [0, 0.05) is 19.2 Å². The Morgan fingerprint density at radius 2 is 2.15 bits per heavy atom. The number of hydrogen-bond acceptors (Lipinski definition) is 5. The topological polar surface area (TPSA) is 71.3 Å². The average Bonchev–Trinajstić information content (AvgIpc) is 3.10. The molecule has 1 aliphatic heterocycles. The van der Waals surface area contributed by atoms with Crippen molar-refractivity contribution in [2.24, 2.45) is 0 Å². The van der Waals surface area contributed by atoms with Crippen LogP contribution >= 0.6 is 0 Å². The van der Waals surface area contributed by atoms with E-state index in [1.807, 2.05) is 12.1 Å². The fraction of sp³-hybridized carbons (Fsp3) is 0.357. The molecular weight excluding hydrogens is 256 g/mol. The Balaban J connectivity index is 1.67. The van der Waals surface area contributed by atoms with Crippen LogP contribution in [0, 0.1) is 6.92 Å². The average molecular weight is 272 g/mol. The van der Waals surface area contributed by atoms with Crippen LogP contribution in [0.1, 0.15) is 29.1 Å². The summed E-state index contributed by atoms with van der Waals surface area (Å²) >= 11 is 0. The normalized spacial score (nSPS) is 14.6. The summed E-state index contributed by atoms with van der Waals surface area (Å²) in [6.45, 7) is 3.85. The molecule has 3 rings (SSSR count). The van der Waals surface area contributed by atoms with Crippen molar-refractivity contribution >= 4 is 17.4 Å². The molecule has 6 nitrogen and oxygen atoms in total. The highest BCUT2D eigenvalue weighted by Gasteiger charge is 2.14. The van der Waals surface area contributed by atoms with E-state index in [1.165, 1.54) is 12.8 Å². The van der Waals surface area contributed by atoms with Crippen LogP contribution in [0.15, 0.2) is 28.9 Å². The van der Waals surface area contributed by atoms with Crippen LogP contribution in [0.2, 0.25) is 0 Å². The molecule has 2 aromatic rings. The number of carbonyl (C=O) groups excluding carboxylic acids is 1. The van der Waals surface area contributed by atoms with Gasteiger partial charge in [0.1, 0.15) is 11.6 Å². The summed E-state index contributed by atoms with van der Waals surface area (Å²) in [4.78, 5) is 18.5. The molecule has 0 aromatic carbocycles. The van der Waals surface area contributed by atoms with Gasteiger partial charge in [-0.3, -0.25) is 4.79 Å². The van der Waals surface area contributed by atoms with Crippen LogP contribution in [0.25, 0.3) is 0 Å². The van der Waals surface area contributed by atoms with Crippen molar-refractivity contribution < 1.29 is 9.32 Å². The van der Waals surface area contributed by atoms with Gasteiger partial charge < -0.3 is 14.7 Å². The molecule has 3 heterocycles. The van der Waals surface area contributed by atoms with E-state index in [4.69, 9.17) is 4.52 Å². The molecule has 0 atom stereocenters.